The van der Waals surface area contributed by atoms with Gasteiger partial charge in [-0.25, -0.2) is 0 Å². The summed E-state index contributed by atoms with van der Waals surface area (Å²) in [6, 6.07) is 14.3. The maximum Gasteiger partial charge on any atom is 0.103 e. The number of nitrogens with one attached hydrogen (secondary N) is 1. The van der Waals surface area contributed by atoms with E-state index in [1.54, 1.807) is 11.8 Å². The van der Waals surface area contributed by atoms with E-state index in [0.717, 1.165) is 22.5 Å². The topological polar surface area (TPSA) is 38.0 Å². The van der Waals surface area contributed by atoms with Gasteiger partial charge in [-0.1, -0.05) is 18.3 Å². The van der Waals surface area contributed by atoms with Crippen molar-refractivity contribution >= 4 is 40.3 Å². The molecule has 0 amide bonds. The van der Waals surface area contributed by atoms with Crippen molar-refractivity contribution in [1.29, 1.82) is 0 Å². The smallest absolute Gasteiger partial charge is 0.103 e. The molecule has 4 heteroatoms. The van der Waals surface area contributed by atoms with E-state index >= 15 is 0 Å². The van der Waals surface area contributed by atoms with Crippen LogP contribution in [-0.2, 0) is 0 Å². The summed E-state index contributed by atoms with van der Waals surface area (Å²) in [6.07, 6.45) is 2.07. The number of nitrogens with two attached hydrogens (primary N) is 1. The Labute approximate surface area is 123 Å². The molecule has 0 aliphatic rings. The maximum atomic E-state index is 5.63. The van der Waals surface area contributed by atoms with Crippen LogP contribution in [0.3, 0.4) is 0 Å². The van der Waals surface area contributed by atoms with Crippen LogP contribution in [0.4, 0.5) is 11.4 Å². The van der Waals surface area contributed by atoms with Gasteiger partial charge in [0.25, 0.3) is 0 Å². The summed E-state index contributed by atoms with van der Waals surface area (Å²) in [5.41, 5.74) is 9.80. The zero-order valence-electron chi connectivity index (χ0n) is 10.9. The number of hydrogen-bond donors (Lipinski definition) is 2. The molecule has 98 valence electrons. The van der Waals surface area contributed by atoms with Gasteiger partial charge in [0, 0.05) is 21.8 Å². The monoisotopic (exact) mass is 288 g/mol. The highest BCUT2D eigenvalue weighted by Crippen LogP contribution is 2.24. The third kappa shape index (κ3) is 3.49. The number of benzene rings is 2. The highest BCUT2D eigenvalue weighted by molar-refractivity contribution is 7.98. The van der Waals surface area contributed by atoms with Gasteiger partial charge in [-0.15, -0.1) is 11.8 Å². The Morgan fingerprint density at radius 1 is 1.21 bits per heavy atom. The van der Waals surface area contributed by atoms with Gasteiger partial charge in [0.05, 0.1) is 0 Å². The summed E-state index contributed by atoms with van der Waals surface area (Å²) in [5, 5.41) is 3.42. The van der Waals surface area contributed by atoms with E-state index in [0.29, 0.717) is 4.99 Å². The minimum absolute atomic E-state index is 0.430. The lowest BCUT2D eigenvalue weighted by Crippen LogP contribution is -2.09. The molecule has 0 fully saturated rings. The van der Waals surface area contributed by atoms with Gasteiger partial charge in [0.2, 0.25) is 0 Å². The molecule has 0 heterocycles. The van der Waals surface area contributed by atoms with Gasteiger partial charge in [0.15, 0.2) is 0 Å². The first-order valence-electron chi connectivity index (χ1n) is 5.91. The number of rotatable bonds is 4. The molecule has 0 saturated carbocycles. The normalized spacial score (nSPS) is 10.2. The quantitative estimate of drug-likeness (QED) is 0.656. The summed E-state index contributed by atoms with van der Waals surface area (Å²) < 4.78 is 0. The molecule has 0 aromatic heterocycles. The largest absolute Gasteiger partial charge is 0.389 e. The van der Waals surface area contributed by atoms with E-state index in [9.17, 15) is 0 Å². The molecule has 0 aliphatic heterocycles. The van der Waals surface area contributed by atoms with Crippen LogP contribution >= 0.6 is 24.0 Å². The minimum Gasteiger partial charge on any atom is -0.389 e. The first-order chi connectivity index (χ1) is 9.10. The molecule has 3 N–H and O–H groups in total. The molecule has 2 nitrogen and oxygen atoms in total. The standard InChI is InChI=1S/C15H16N2S2/c1-10-8-11(15(16)18)6-7-14(10)17-12-4-3-5-13(9-12)19-2/h3-9,17H,1-2H3,(H2,16,18). The predicted molar refractivity (Wildman–Crippen MR) is 88.6 cm³/mol. The summed E-state index contributed by atoms with van der Waals surface area (Å²) in [5.74, 6) is 0. The average molecular weight is 288 g/mol. The van der Waals surface area contributed by atoms with Crippen LogP contribution in [0.2, 0.25) is 0 Å². The first kappa shape index (κ1) is 13.9. The number of thiocarbonyl (C=S) groups is 1. The molecule has 0 unspecified atom stereocenters. The van der Waals surface area contributed by atoms with Gasteiger partial charge in [-0.2, -0.15) is 0 Å². The summed E-state index contributed by atoms with van der Waals surface area (Å²) in [6.45, 7) is 2.04. The van der Waals surface area contributed by atoms with Crippen molar-refractivity contribution in [2.75, 3.05) is 11.6 Å². The van der Waals surface area contributed by atoms with Crippen molar-refractivity contribution in [2.45, 2.75) is 11.8 Å². The Kier molecular flexibility index (Phi) is 4.45. The van der Waals surface area contributed by atoms with Crippen LogP contribution in [0.25, 0.3) is 0 Å². The Balaban J connectivity index is 2.25. The molecule has 0 bridgehead atoms. The Hall–Kier alpha value is -1.52. The molecule has 0 spiro atoms. The second-order valence-corrected chi connectivity index (χ2v) is 5.57. The van der Waals surface area contributed by atoms with Crippen LogP contribution in [0.1, 0.15) is 11.1 Å². The fraction of sp³-hybridized carbons (Fsp3) is 0.133. The van der Waals surface area contributed by atoms with Gasteiger partial charge < -0.3 is 11.1 Å². The second kappa shape index (κ2) is 6.08. The number of hydrogen-bond acceptors (Lipinski definition) is 3. The lowest BCUT2D eigenvalue weighted by Gasteiger charge is -2.11. The molecule has 0 saturated heterocycles. The number of anilines is 2. The zero-order chi connectivity index (χ0) is 13.8. The highest BCUT2D eigenvalue weighted by atomic mass is 32.2. The van der Waals surface area contributed by atoms with E-state index in [2.05, 4.69) is 29.8 Å². The van der Waals surface area contributed by atoms with Crippen LogP contribution in [-0.4, -0.2) is 11.2 Å². The van der Waals surface area contributed by atoms with Crippen molar-refractivity contribution in [3.8, 4) is 0 Å². The fourth-order valence-electron chi connectivity index (χ4n) is 1.81. The molecule has 0 aliphatic carbocycles. The molecular formula is C15H16N2S2. The van der Waals surface area contributed by atoms with Crippen LogP contribution < -0.4 is 11.1 Å². The lowest BCUT2D eigenvalue weighted by molar-refractivity contribution is 1.39. The molecule has 0 atom stereocenters. The summed E-state index contributed by atoms with van der Waals surface area (Å²) in [4.78, 5) is 1.67. The molecular weight excluding hydrogens is 272 g/mol. The van der Waals surface area contributed by atoms with E-state index in [-0.39, 0.29) is 0 Å². The second-order valence-electron chi connectivity index (χ2n) is 4.25. The van der Waals surface area contributed by atoms with Crippen LogP contribution in [0.15, 0.2) is 47.4 Å². The number of aryl methyl sites for hydroxylation is 1. The van der Waals surface area contributed by atoms with E-state index in [4.69, 9.17) is 18.0 Å². The Morgan fingerprint density at radius 3 is 2.63 bits per heavy atom. The molecule has 2 aromatic rings. The van der Waals surface area contributed by atoms with Gasteiger partial charge >= 0.3 is 0 Å². The van der Waals surface area contributed by atoms with Crippen molar-refractivity contribution in [3.05, 3.63) is 53.6 Å². The highest BCUT2D eigenvalue weighted by Gasteiger charge is 2.03. The third-order valence-electron chi connectivity index (χ3n) is 2.86. The van der Waals surface area contributed by atoms with E-state index in [1.165, 1.54) is 4.90 Å². The predicted octanol–water partition coefficient (Wildman–Crippen LogP) is 4.09. The summed E-state index contributed by atoms with van der Waals surface area (Å²) in [7, 11) is 0. The Bertz CT molecular complexity index is 609. The maximum absolute atomic E-state index is 5.63. The number of thioether (sulfide) groups is 1. The van der Waals surface area contributed by atoms with Gasteiger partial charge in [-0.05, 0) is 55.1 Å². The molecule has 2 rings (SSSR count). The zero-order valence-corrected chi connectivity index (χ0v) is 12.6. The summed E-state index contributed by atoms with van der Waals surface area (Å²) >= 11 is 6.71. The molecule has 2 aromatic carbocycles. The average Bonchev–Trinajstić information content (AvgIpc) is 2.41. The Morgan fingerprint density at radius 2 is 2.00 bits per heavy atom. The van der Waals surface area contributed by atoms with E-state index in [1.807, 2.05) is 31.2 Å². The van der Waals surface area contributed by atoms with Crippen molar-refractivity contribution < 1.29 is 0 Å². The SMILES string of the molecule is CSc1cccc(Nc2ccc(C(N)=S)cc2C)c1. The first-order valence-corrected chi connectivity index (χ1v) is 7.55. The van der Waals surface area contributed by atoms with Crippen molar-refractivity contribution in [2.24, 2.45) is 5.73 Å². The van der Waals surface area contributed by atoms with Crippen LogP contribution in [0, 0.1) is 6.92 Å². The van der Waals surface area contributed by atoms with Crippen molar-refractivity contribution in [3.63, 3.8) is 0 Å². The third-order valence-corrected chi connectivity index (χ3v) is 3.82. The molecule has 0 radical (unpaired) electrons. The molecule has 19 heavy (non-hydrogen) atoms. The van der Waals surface area contributed by atoms with Crippen molar-refractivity contribution in [1.82, 2.24) is 0 Å². The van der Waals surface area contributed by atoms with Gasteiger partial charge in [0.1, 0.15) is 4.99 Å². The van der Waals surface area contributed by atoms with Gasteiger partial charge in [-0.3, -0.25) is 0 Å². The lowest BCUT2D eigenvalue weighted by atomic mass is 10.1. The van der Waals surface area contributed by atoms with E-state index < -0.39 is 0 Å². The fourth-order valence-corrected chi connectivity index (χ4v) is 2.40. The van der Waals surface area contributed by atoms with Crippen LogP contribution in [0.5, 0.6) is 0 Å². The minimum atomic E-state index is 0.430.